The standard InChI is InChI=1S/C18H15F3N2O7S/c1-10(16(24)22-13-6-4-12(5-7-13)18(19,20)21)30-17(25)11-3-8-15(31(2,28)29)14(9-11)23(26)27/h3-10H,1-2H3,(H,22,24)/t10-/m1/s1. The summed E-state index contributed by atoms with van der Waals surface area (Å²) in [5.41, 5.74) is -2.09. The van der Waals surface area contributed by atoms with Crippen LogP contribution in [0.15, 0.2) is 47.4 Å². The summed E-state index contributed by atoms with van der Waals surface area (Å²) in [6.45, 7) is 1.18. The van der Waals surface area contributed by atoms with E-state index in [1.54, 1.807) is 0 Å². The predicted molar refractivity (Wildman–Crippen MR) is 101 cm³/mol. The minimum absolute atomic E-state index is 0.0223. The molecule has 2 aromatic rings. The van der Waals surface area contributed by atoms with E-state index in [1.807, 2.05) is 0 Å². The number of ether oxygens (including phenoxy) is 1. The van der Waals surface area contributed by atoms with E-state index in [1.165, 1.54) is 6.92 Å². The number of carbonyl (C=O) groups is 2. The molecule has 0 saturated heterocycles. The van der Waals surface area contributed by atoms with E-state index in [2.05, 4.69) is 5.32 Å². The molecule has 2 aromatic carbocycles. The van der Waals surface area contributed by atoms with Crippen LogP contribution in [0.2, 0.25) is 0 Å². The lowest BCUT2D eigenvalue weighted by atomic mass is 10.2. The van der Waals surface area contributed by atoms with Crippen LogP contribution in [0.4, 0.5) is 24.5 Å². The van der Waals surface area contributed by atoms with Crippen molar-refractivity contribution in [3.63, 3.8) is 0 Å². The predicted octanol–water partition coefficient (Wildman–Crippen LogP) is 3.20. The van der Waals surface area contributed by atoms with Crippen molar-refractivity contribution in [2.24, 2.45) is 0 Å². The fourth-order valence-corrected chi connectivity index (χ4v) is 3.20. The highest BCUT2D eigenvalue weighted by Gasteiger charge is 2.30. The summed E-state index contributed by atoms with van der Waals surface area (Å²) in [7, 11) is -3.93. The summed E-state index contributed by atoms with van der Waals surface area (Å²) < 4.78 is 65.8. The van der Waals surface area contributed by atoms with Gasteiger partial charge < -0.3 is 10.1 Å². The van der Waals surface area contributed by atoms with Gasteiger partial charge in [-0.1, -0.05) is 0 Å². The SMILES string of the molecule is C[C@@H](OC(=O)c1ccc(S(C)(=O)=O)c([N+](=O)[O-])c1)C(=O)Nc1ccc(C(F)(F)F)cc1. The molecule has 0 heterocycles. The molecule has 0 unspecified atom stereocenters. The highest BCUT2D eigenvalue weighted by Crippen LogP contribution is 2.30. The molecule has 166 valence electrons. The van der Waals surface area contributed by atoms with Gasteiger partial charge in [-0.25, -0.2) is 13.2 Å². The molecule has 0 aliphatic carbocycles. The normalized spacial score (nSPS) is 12.7. The second kappa shape index (κ2) is 8.71. The fraction of sp³-hybridized carbons (Fsp3) is 0.222. The molecule has 2 rings (SSSR count). The van der Waals surface area contributed by atoms with Crippen molar-refractivity contribution in [2.45, 2.75) is 24.1 Å². The van der Waals surface area contributed by atoms with Gasteiger partial charge in [-0.2, -0.15) is 13.2 Å². The second-order valence-electron chi connectivity index (χ2n) is 6.32. The van der Waals surface area contributed by atoms with Gasteiger partial charge in [0.25, 0.3) is 11.6 Å². The molecule has 9 nitrogen and oxygen atoms in total. The quantitative estimate of drug-likeness (QED) is 0.398. The molecule has 0 radical (unpaired) electrons. The number of hydrogen-bond acceptors (Lipinski definition) is 7. The summed E-state index contributed by atoms with van der Waals surface area (Å²) in [5.74, 6) is -2.01. The number of benzene rings is 2. The van der Waals surface area contributed by atoms with Gasteiger partial charge in [0.15, 0.2) is 15.9 Å². The monoisotopic (exact) mass is 460 g/mol. The summed E-state index contributed by atoms with van der Waals surface area (Å²) in [5, 5.41) is 13.4. The average Bonchev–Trinajstić information content (AvgIpc) is 2.66. The second-order valence-corrected chi connectivity index (χ2v) is 8.31. The van der Waals surface area contributed by atoms with Gasteiger partial charge in [-0.15, -0.1) is 0 Å². The van der Waals surface area contributed by atoms with Crippen molar-refractivity contribution in [3.05, 3.63) is 63.7 Å². The smallest absolute Gasteiger partial charge is 0.416 e. The Hall–Kier alpha value is -3.48. The van der Waals surface area contributed by atoms with Crippen molar-refractivity contribution in [2.75, 3.05) is 11.6 Å². The molecular weight excluding hydrogens is 445 g/mol. The molecule has 0 aliphatic rings. The first-order valence-electron chi connectivity index (χ1n) is 8.37. The molecular formula is C18H15F3N2O7S. The van der Waals surface area contributed by atoms with Crippen LogP contribution < -0.4 is 5.32 Å². The highest BCUT2D eigenvalue weighted by molar-refractivity contribution is 7.90. The maximum Gasteiger partial charge on any atom is 0.416 e. The number of nitrogens with zero attached hydrogens (tertiary/aromatic N) is 1. The van der Waals surface area contributed by atoms with Gasteiger partial charge in [0, 0.05) is 18.0 Å². The van der Waals surface area contributed by atoms with Crippen LogP contribution in [-0.2, 0) is 25.5 Å². The number of nitrogens with one attached hydrogen (secondary N) is 1. The Morgan fingerprint density at radius 2 is 1.71 bits per heavy atom. The van der Waals surface area contributed by atoms with Gasteiger partial charge in [-0.05, 0) is 43.3 Å². The third-order valence-corrected chi connectivity index (χ3v) is 5.07. The van der Waals surface area contributed by atoms with Crippen LogP contribution in [0.1, 0.15) is 22.8 Å². The number of amides is 1. The van der Waals surface area contributed by atoms with Gasteiger partial charge in [0.05, 0.1) is 16.1 Å². The Kier molecular flexibility index (Phi) is 6.69. The van der Waals surface area contributed by atoms with E-state index in [9.17, 15) is 41.3 Å². The van der Waals surface area contributed by atoms with E-state index < -0.39 is 55.1 Å². The summed E-state index contributed by atoms with van der Waals surface area (Å²) in [4.78, 5) is 33.9. The van der Waals surface area contributed by atoms with Gasteiger partial charge >= 0.3 is 12.1 Å². The van der Waals surface area contributed by atoms with E-state index in [0.717, 1.165) is 42.7 Å². The summed E-state index contributed by atoms with van der Waals surface area (Å²) in [6.07, 6.45) is -5.19. The number of alkyl halides is 3. The number of halogens is 3. The van der Waals surface area contributed by atoms with Gasteiger partial charge in [0.2, 0.25) is 0 Å². The summed E-state index contributed by atoms with van der Waals surface area (Å²) in [6, 6.07) is 6.12. The number of hydrogen-bond donors (Lipinski definition) is 1. The van der Waals surface area contributed by atoms with Crippen LogP contribution in [0.3, 0.4) is 0 Å². The molecule has 0 fully saturated rings. The zero-order valence-corrected chi connectivity index (χ0v) is 16.8. The number of anilines is 1. The maximum atomic E-state index is 12.6. The molecule has 0 aliphatic heterocycles. The molecule has 0 aromatic heterocycles. The molecule has 0 saturated carbocycles. The minimum atomic E-state index is -4.54. The summed E-state index contributed by atoms with van der Waals surface area (Å²) >= 11 is 0. The lowest BCUT2D eigenvalue weighted by Gasteiger charge is -2.14. The number of sulfone groups is 1. The molecule has 13 heteroatoms. The number of esters is 1. The van der Waals surface area contributed by atoms with Crippen molar-refractivity contribution < 1.29 is 40.8 Å². The third kappa shape index (κ3) is 6.01. The van der Waals surface area contributed by atoms with E-state index >= 15 is 0 Å². The Morgan fingerprint density at radius 1 is 1.13 bits per heavy atom. The first-order chi connectivity index (χ1) is 14.2. The zero-order valence-electron chi connectivity index (χ0n) is 16.0. The van der Waals surface area contributed by atoms with Crippen molar-refractivity contribution in [1.29, 1.82) is 0 Å². The van der Waals surface area contributed by atoms with Crippen LogP contribution in [0.25, 0.3) is 0 Å². The van der Waals surface area contributed by atoms with Crippen LogP contribution in [0.5, 0.6) is 0 Å². The van der Waals surface area contributed by atoms with E-state index in [4.69, 9.17) is 4.74 Å². The van der Waals surface area contributed by atoms with Crippen molar-refractivity contribution in [1.82, 2.24) is 0 Å². The molecule has 0 bridgehead atoms. The molecule has 0 spiro atoms. The van der Waals surface area contributed by atoms with Crippen LogP contribution in [0, 0.1) is 10.1 Å². The van der Waals surface area contributed by atoms with Crippen LogP contribution in [-0.4, -0.2) is 37.6 Å². The molecule has 1 N–H and O–H groups in total. The maximum absolute atomic E-state index is 12.6. The van der Waals surface area contributed by atoms with Crippen LogP contribution >= 0.6 is 0 Å². The first-order valence-corrected chi connectivity index (χ1v) is 10.3. The van der Waals surface area contributed by atoms with Crippen molar-refractivity contribution in [3.8, 4) is 0 Å². The Balaban J connectivity index is 2.12. The topological polar surface area (TPSA) is 133 Å². The number of carbonyl (C=O) groups excluding carboxylic acids is 2. The Morgan fingerprint density at radius 3 is 2.19 bits per heavy atom. The number of nitro benzene ring substituents is 1. The van der Waals surface area contributed by atoms with Gasteiger partial charge in [0.1, 0.15) is 4.90 Å². The average molecular weight is 460 g/mol. The zero-order chi connectivity index (χ0) is 23.6. The first kappa shape index (κ1) is 23.8. The van der Waals surface area contributed by atoms with Gasteiger partial charge in [-0.3, -0.25) is 14.9 Å². The largest absolute Gasteiger partial charge is 0.449 e. The minimum Gasteiger partial charge on any atom is -0.449 e. The lowest BCUT2D eigenvalue weighted by molar-refractivity contribution is -0.387. The molecule has 1 amide bonds. The Bertz CT molecular complexity index is 1130. The number of rotatable bonds is 6. The van der Waals surface area contributed by atoms with E-state index in [-0.39, 0.29) is 11.3 Å². The Labute approximate surface area is 173 Å². The third-order valence-electron chi connectivity index (χ3n) is 3.92. The fourth-order valence-electron chi connectivity index (χ4n) is 2.37. The highest BCUT2D eigenvalue weighted by atomic mass is 32.2. The van der Waals surface area contributed by atoms with Crippen molar-refractivity contribution >= 4 is 33.1 Å². The number of nitro groups is 1. The van der Waals surface area contributed by atoms with E-state index in [0.29, 0.717) is 6.07 Å². The molecule has 1 atom stereocenters. The lowest BCUT2D eigenvalue weighted by Crippen LogP contribution is -2.30. The molecule has 31 heavy (non-hydrogen) atoms.